The maximum atomic E-state index is 12.2. The lowest BCUT2D eigenvalue weighted by Crippen LogP contribution is -2.32. The largest absolute Gasteiger partial charge is 0.492 e. The number of carbonyl (C=O) groups is 3. The number of anilines is 2. The van der Waals surface area contributed by atoms with Crippen LogP contribution in [0, 0.1) is 6.92 Å². The van der Waals surface area contributed by atoms with Crippen LogP contribution in [-0.4, -0.2) is 37.1 Å². The van der Waals surface area contributed by atoms with Gasteiger partial charge in [0.1, 0.15) is 11.5 Å². The number of nitrogens with one attached hydrogen (secondary N) is 3. The lowest BCUT2D eigenvalue weighted by Gasteiger charge is -2.10. The minimum Gasteiger partial charge on any atom is -0.492 e. The molecule has 3 aromatic rings. The van der Waals surface area contributed by atoms with Crippen molar-refractivity contribution >= 4 is 51.2 Å². The van der Waals surface area contributed by atoms with Crippen molar-refractivity contribution in [1.29, 1.82) is 0 Å². The number of para-hydroxylation sites is 2. The first-order valence-corrected chi connectivity index (χ1v) is 11.8. The number of hydrazone groups is 1. The zero-order chi connectivity index (χ0) is 25.9. The monoisotopic (exact) mass is 552 g/mol. The van der Waals surface area contributed by atoms with Crippen molar-refractivity contribution in [2.45, 2.75) is 13.8 Å². The summed E-state index contributed by atoms with van der Waals surface area (Å²) in [7, 11) is 0. The molecule has 36 heavy (non-hydrogen) atoms. The third-order valence-electron chi connectivity index (χ3n) is 4.69. The summed E-state index contributed by atoms with van der Waals surface area (Å²) in [5.74, 6) is -1.23. The zero-order valence-electron chi connectivity index (χ0n) is 19.7. The van der Waals surface area contributed by atoms with Crippen molar-refractivity contribution in [2.75, 3.05) is 23.8 Å². The van der Waals surface area contributed by atoms with Gasteiger partial charge in [0.15, 0.2) is 6.61 Å². The Labute approximate surface area is 217 Å². The topological polar surface area (TPSA) is 118 Å². The standard InChI is InChI=1S/C26H25BrN4O5/c1-3-35-23-10-5-4-9-22(23)30-25(33)26(34)31-28-15-18-7-6-8-20(14-18)36-16-24(32)29-19-11-12-21(27)17(2)13-19/h4-15H,3,16H2,1-2H3,(H,29,32)(H,30,33)(H,31,34)/b28-15-. The van der Waals surface area contributed by atoms with Gasteiger partial charge < -0.3 is 20.1 Å². The Bertz CT molecular complexity index is 1280. The Balaban J connectivity index is 1.49. The molecule has 0 unspecified atom stereocenters. The van der Waals surface area contributed by atoms with E-state index in [1.165, 1.54) is 6.21 Å². The SMILES string of the molecule is CCOc1ccccc1NC(=O)C(=O)N/N=C\c1cccc(OCC(=O)Nc2ccc(Br)c(C)c2)c1. The van der Waals surface area contributed by atoms with Crippen LogP contribution in [0.3, 0.4) is 0 Å². The van der Waals surface area contributed by atoms with Crippen molar-refractivity contribution in [2.24, 2.45) is 5.10 Å². The van der Waals surface area contributed by atoms with E-state index in [-0.39, 0.29) is 12.5 Å². The van der Waals surface area contributed by atoms with Crippen LogP contribution in [0.1, 0.15) is 18.1 Å². The molecule has 0 heterocycles. The van der Waals surface area contributed by atoms with E-state index in [1.54, 1.807) is 54.6 Å². The fourth-order valence-corrected chi connectivity index (χ4v) is 3.25. The Morgan fingerprint density at radius 1 is 0.944 bits per heavy atom. The molecule has 0 saturated carbocycles. The quantitative estimate of drug-likeness (QED) is 0.208. The fourth-order valence-electron chi connectivity index (χ4n) is 3.00. The Kier molecular flexibility index (Phi) is 9.58. The van der Waals surface area contributed by atoms with Gasteiger partial charge in [0.05, 0.1) is 18.5 Å². The molecule has 0 saturated heterocycles. The number of halogens is 1. The summed E-state index contributed by atoms with van der Waals surface area (Å²) < 4.78 is 11.9. The molecule has 0 atom stereocenters. The average Bonchev–Trinajstić information content (AvgIpc) is 2.86. The Morgan fingerprint density at radius 3 is 2.53 bits per heavy atom. The molecule has 3 N–H and O–H groups in total. The molecular formula is C26H25BrN4O5. The molecule has 3 aromatic carbocycles. The molecule has 186 valence electrons. The van der Waals surface area contributed by atoms with Crippen molar-refractivity contribution in [1.82, 2.24) is 5.43 Å². The molecule has 0 aliphatic carbocycles. The number of ether oxygens (including phenoxy) is 2. The van der Waals surface area contributed by atoms with Crippen LogP contribution < -0.4 is 25.5 Å². The number of rotatable bonds is 9. The summed E-state index contributed by atoms with van der Waals surface area (Å²) in [6.07, 6.45) is 1.36. The van der Waals surface area contributed by atoms with Gasteiger partial charge in [-0.3, -0.25) is 14.4 Å². The molecule has 3 rings (SSSR count). The maximum Gasteiger partial charge on any atom is 0.329 e. The second-order valence-electron chi connectivity index (χ2n) is 7.46. The summed E-state index contributed by atoms with van der Waals surface area (Å²) in [6, 6.07) is 19.1. The number of carbonyl (C=O) groups excluding carboxylic acids is 3. The lowest BCUT2D eigenvalue weighted by molar-refractivity contribution is -0.136. The molecule has 10 heteroatoms. The highest BCUT2D eigenvalue weighted by molar-refractivity contribution is 9.10. The summed E-state index contributed by atoms with van der Waals surface area (Å²) in [6.45, 7) is 3.98. The number of nitrogens with zero attached hydrogens (tertiary/aromatic N) is 1. The number of benzene rings is 3. The number of aryl methyl sites for hydroxylation is 1. The molecule has 0 aliphatic rings. The summed E-state index contributed by atoms with van der Waals surface area (Å²) in [5, 5.41) is 9.08. The molecule has 0 aromatic heterocycles. The third-order valence-corrected chi connectivity index (χ3v) is 5.58. The number of hydrogen-bond acceptors (Lipinski definition) is 6. The van der Waals surface area contributed by atoms with Crippen LogP contribution in [0.5, 0.6) is 11.5 Å². The Hall–Kier alpha value is -4.18. The van der Waals surface area contributed by atoms with Gasteiger partial charge in [-0.2, -0.15) is 5.10 Å². The highest BCUT2D eigenvalue weighted by Gasteiger charge is 2.15. The second kappa shape index (κ2) is 13.1. The van der Waals surface area contributed by atoms with Gasteiger partial charge in [-0.15, -0.1) is 0 Å². The third kappa shape index (κ3) is 7.95. The van der Waals surface area contributed by atoms with Gasteiger partial charge in [-0.25, -0.2) is 5.43 Å². The molecule has 0 bridgehead atoms. The fraction of sp³-hybridized carbons (Fsp3) is 0.154. The normalized spacial score (nSPS) is 10.5. The maximum absolute atomic E-state index is 12.2. The van der Waals surface area contributed by atoms with E-state index in [0.29, 0.717) is 35.0 Å². The summed E-state index contributed by atoms with van der Waals surface area (Å²) >= 11 is 3.42. The van der Waals surface area contributed by atoms with Crippen LogP contribution >= 0.6 is 15.9 Å². The molecule has 3 amide bonds. The molecule has 0 spiro atoms. The first-order chi connectivity index (χ1) is 17.4. The van der Waals surface area contributed by atoms with Crippen LogP contribution in [0.25, 0.3) is 0 Å². The lowest BCUT2D eigenvalue weighted by atomic mass is 10.2. The molecular weight excluding hydrogens is 528 g/mol. The second-order valence-corrected chi connectivity index (χ2v) is 8.31. The van der Waals surface area contributed by atoms with Crippen LogP contribution in [0.15, 0.2) is 76.3 Å². The van der Waals surface area contributed by atoms with Crippen molar-refractivity contribution in [3.05, 3.63) is 82.3 Å². The highest BCUT2D eigenvalue weighted by Crippen LogP contribution is 2.23. The first kappa shape index (κ1) is 26.4. The van der Waals surface area contributed by atoms with Crippen LogP contribution in [0.2, 0.25) is 0 Å². The Morgan fingerprint density at radius 2 is 1.75 bits per heavy atom. The highest BCUT2D eigenvalue weighted by atomic mass is 79.9. The minimum atomic E-state index is -0.940. The van der Waals surface area contributed by atoms with Crippen LogP contribution in [0.4, 0.5) is 11.4 Å². The van der Waals surface area contributed by atoms with E-state index < -0.39 is 11.8 Å². The number of hydrogen-bond donors (Lipinski definition) is 3. The molecule has 0 aliphatic heterocycles. The average molecular weight is 553 g/mol. The van der Waals surface area contributed by atoms with Gasteiger partial charge >= 0.3 is 11.8 Å². The minimum absolute atomic E-state index is 0.185. The van der Waals surface area contributed by atoms with Crippen molar-refractivity contribution in [3.8, 4) is 11.5 Å². The van der Waals surface area contributed by atoms with Gasteiger partial charge in [0.25, 0.3) is 5.91 Å². The van der Waals surface area contributed by atoms with E-state index in [4.69, 9.17) is 9.47 Å². The molecule has 0 radical (unpaired) electrons. The predicted molar refractivity (Wildman–Crippen MR) is 141 cm³/mol. The van der Waals surface area contributed by atoms with E-state index in [2.05, 4.69) is 37.1 Å². The molecule has 0 fully saturated rings. The van der Waals surface area contributed by atoms with Gasteiger partial charge in [0, 0.05) is 10.2 Å². The van der Waals surface area contributed by atoms with Crippen molar-refractivity contribution < 1.29 is 23.9 Å². The molecule has 9 nitrogen and oxygen atoms in total. The summed E-state index contributed by atoms with van der Waals surface area (Å²) in [5.41, 5.74) is 4.83. The van der Waals surface area contributed by atoms with E-state index in [0.717, 1.165) is 10.0 Å². The summed E-state index contributed by atoms with van der Waals surface area (Å²) in [4.78, 5) is 36.5. The predicted octanol–water partition coefficient (Wildman–Crippen LogP) is 4.26. The smallest absolute Gasteiger partial charge is 0.329 e. The van der Waals surface area contributed by atoms with E-state index in [9.17, 15) is 14.4 Å². The van der Waals surface area contributed by atoms with Crippen LogP contribution in [-0.2, 0) is 14.4 Å². The van der Waals surface area contributed by atoms with Gasteiger partial charge in [-0.1, -0.05) is 40.2 Å². The zero-order valence-corrected chi connectivity index (χ0v) is 21.3. The van der Waals surface area contributed by atoms with E-state index >= 15 is 0 Å². The first-order valence-electron chi connectivity index (χ1n) is 11.0. The van der Waals surface area contributed by atoms with Gasteiger partial charge in [0.2, 0.25) is 0 Å². The van der Waals surface area contributed by atoms with Crippen molar-refractivity contribution in [3.63, 3.8) is 0 Å². The van der Waals surface area contributed by atoms with E-state index in [1.807, 2.05) is 26.0 Å². The van der Waals surface area contributed by atoms with Gasteiger partial charge in [-0.05, 0) is 67.4 Å². The number of amides is 3.